The Hall–Kier alpha value is -3.26. The fourth-order valence-electron chi connectivity index (χ4n) is 3.09. The number of rotatable bonds is 9. The van der Waals surface area contributed by atoms with Crippen molar-refractivity contribution in [3.63, 3.8) is 0 Å². The van der Waals surface area contributed by atoms with Gasteiger partial charge in [-0.1, -0.05) is 43.8 Å². The number of benzene rings is 2. The van der Waals surface area contributed by atoms with Crippen molar-refractivity contribution in [2.45, 2.75) is 31.8 Å². The van der Waals surface area contributed by atoms with Gasteiger partial charge in [0.2, 0.25) is 11.8 Å². The maximum Gasteiger partial charge on any atom is 0.243 e. The molecule has 8 heteroatoms. The van der Waals surface area contributed by atoms with E-state index in [1.165, 1.54) is 17.3 Å². The van der Waals surface area contributed by atoms with Crippen LogP contribution in [0.2, 0.25) is 0 Å². The van der Waals surface area contributed by atoms with E-state index in [1.54, 1.807) is 19.4 Å². The zero-order valence-electron chi connectivity index (χ0n) is 18.7. The average molecular weight is 453 g/mol. The summed E-state index contributed by atoms with van der Waals surface area (Å²) in [6.45, 7) is 6.12. The summed E-state index contributed by atoms with van der Waals surface area (Å²) in [7, 11) is 1.54. The van der Waals surface area contributed by atoms with Crippen LogP contribution in [0.4, 0.5) is 5.69 Å². The number of aryl methyl sites for hydroxylation is 1. The van der Waals surface area contributed by atoms with Crippen molar-refractivity contribution >= 4 is 29.3 Å². The molecule has 3 rings (SSSR count). The molecule has 7 nitrogen and oxygen atoms in total. The standard InChI is InChI=1S/C24H28N4O3S/c1-16(2)18-6-8-19(9-7-18)28-12-11-25-24(28)32-15-23(30)26-14-22(29)27-20-13-17(3)5-10-21(20)31-4/h5-13,16H,14-15H2,1-4H3,(H,26,30)(H,27,29). The molecule has 2 aromatic carbocycles. The predicted molar refractivity (Wildman–Crippen MR) is 128 cm³/mol. The fraction of sp³-hybridized carbons (Fsp3) is 0.292. The lowest BCUT2D eigenvalue weighted by Gasteiger charge is -2.12. The van der Waals surface area contributed by atoms with E-state index in [1.807, 2.05) is 42.0 Å². The monoisotopic (exact) mass is 452 g/mol. The van der Waals surface area contributed by atoms with Crippen molar-refractivity contribution < 1.29 is 14.3 Å². The number of ether oxygens (including phenoxy) is 1. The van der Waals surface area contributed by atoms with Crippen LogP contribution in [-0.4, -0.2) is 40.8 Å². The first-order chi connectivity index (χ1) is 15.4. The first kappa shape index (κ1) is 23.4. The minimum Gasteiger partial charge on any atom is -0.495 e. The third-order valence-corrected chi connectivity index (χ3v) is 5.82. The van der Waals surface area contributed by atoms with Gasteiger partial charge in [-0.05, 0) is 48.2 Å². The number of carbonyl (C=O) groups excluding carboxylic acids is 2. The van der Waals surface area contributed by atoms with E-state index in [0.717, 1.165) is 11.3 Å². The number of methoxy groups -OCH3 is 1. The Balaban J connectivity index is 1.51. The van der Waals surface area contributed by atoms with Gasteiger partial charge in [-0.15, -0.1) is 0 Å². The quantitative estimate of drug-likeness (QED) is 0.476. The average Bonchev–Trinajstić information content (AvgIpc) is 3.25. The minimum atomic E-state index is -0.320. The van der Waals surface area contributed by atoms with Gasteiger partial charge in [0.15, 0.2) is 5.16 Å². The number of hydrogen-bond acceptors (Lipinski definition) is 5. The van der Waals surface area contributed by atoms with Crippen molar-refractivity contribution in [3.05, 3.63) is 66.0 Å². The molecule has 0 radical (unpaired) electrons. The molecule has 32 heavy (non-hydrogen) atoms. The summed E-state index contributed by atoms with van der Waals surface area (Å²) in [5.74, 6) is 0.625. The molecule has 2 N–H and O–H groups in total. The molecule has 3 aromatic rings. The third kappa shape index (κ3) is 6.13. The topological polar surface area (TPSA) is 85.2 Å². The summed E-state index contributed by atoms with van der Waals surface area (Å²) in [5.41, 5.74) is 3.83. The van der Waals surface area contributed by atoms with E-state index < -0.39 is 0 Å². The maximum atomic E-state index is 12.3. The molecular weight excluding hydrogens is 424 g/mol. The van der Waals surface area contributed by atoms with Gasteiger partial charge < -0.3 is 15.4 Å². The Morgan fingerprint density at radius 3 is 2.56 bits per heavy atom. The van der Waals surface area contributed by atoms with Gasteiger partial charge in [-0.25, -0.2) is 4.98 Å². The summed E-state index contributed by atoms with van der Waals surface area (Å²) >= 11 is 1.32. The fourth-order valence-corrected chi connectivity index (χ4v) is 3.89. The van der Waals surface area contributed by atoms with Gasteiger partial charge in [0, 0.05) is 18.1 Å². The molecule has 1 aromatic heterocycles. The molecule has 0 unspecified atom stereocenters. The van der Waals surface area contributed by atoms with E-state index in [4.69, 9.17) is 4.74 Å². The van der Waals surface area contributed by atoms with Gasteiger partial charge in [0.05, 0.1) is 25.1 Å². The lowest BCUT2D eigenvalue weighted by molar-refractivity contribution is -0.122. The molecule has 0 fully saturated rings. The summed E-state index contributed by atoms with van der Waals surface area (Å²) < 4.78 is 7.20. The highest BCUT2D eigenvalue weighted by Gasteiger charge is 2.12. The second-order valence-electron chi connectivity index (χ2n) is 7.64. The van der Waals surface area contributed by atoms with E-state index in [9.17, 15) is 9.59 Å². The summed E-state index contributed by atoms with van der Waals surface area (Å²) in [5, 5.41) is 6.13. The number of imidazole rings is 1. The highest BCUT2D eigenvalue weighted by Crippen LogP contribution is 2.25. The molecule has 0 saturated carbocycles. The van der Waals surface area contributed by atoms with Crippen molar-refractivity contribution in [1.82, 2.24) is 14.9 Å². The van der Waals surface area contributed by atoms with Gasteiger partial charge in [0.25, 0.3) is 0 Å². The van der Waals surface area contributed by atoms with Gasteiger partial charge in [-0.2, -0.15) is 0 Å². The number of aromatic nitrogens is 2. The van der Waals surface area contributed by atoms with E-state index >= 15 is 0 Å². The second-order valence-corrected chi connectivity index (χ2v) is 8.59. The molecule has 168 valence electrons. The van der Waals surface area contributed by atoms with E-state index in [-0.39, 0.29) is 24.1 Å². The summed E-state index contributed by atoms with van der Waals surface area (Å²) in [6, 6.07) is 13.8. The predicted octanol–water partition coefficient (Wildman–Crippen LogP) is 4.16. The number of nitrogens with zero attached hydrogens (tertiary/aromatic N) is 2. The normalized spacial score (nSPS) is 10.8. The highest BCUT2D eigenvalue weighted by atomic mass is 32.2. The smallest absolute Gasteiger partial charge is 0.243 e. The molecule has 0 spiro atoms. The molecule has 0 aliphatic rings. The van der Waals surface area contributed by atoms with Crippen LogP contribution in [0.3, 0.4) is 0 Å². The van der Waals surface area contributed by atoms with Gasteiger partial charge in [-0.3, -0.25) is 14.2 Å². The van der Waals surface area contributed by atoms with Crippen LogP contribution < -0.4 is 15.4 Å². The number of anilines is 1. The molecule has 2 amide bonds. The van der Waals surface area contributed by atoms with Crippen molar-refractivity contribution in [2.75, 3.05) is 24.7 Å². The number of amides is 2. The molecular formula is C24H28N4O3S. The van der Waals surface area contributed by atoms with Crippen molar-refractivity contribution in [2.24, 2.45) is 0 Å². The summed E-state index contributed by atoms with van der Waals surface area (Å²) in [4.78, 5) is 28.9. The molecule has 0 aliphatic carbocycles. The maximum absolute atomic E-state index is 12.3. The van der Waals surface area contributed by atoms with E-state index in [2.05, 4.69) is 41.6 Å². The Morgan fingerprint density at radius 2 is 1.88 bits per heavy atom. The molecule has 0 bridgehead atoms. The zero-order chi connectivity index (χ0) is 23.1. The van der Waals surface area contributed by atoms with Crippen molar-refractivity contribution in [3.8, 4) is 11.4 Å². The van der Waals surface area contributed by atoms with Crippen LogP contribution in [0, 0.1) is 6.92 Å². The lowest BCUT2D eigenvalue weighted by Crippen LogP contribution is -2.34. The van der Waals surface area contributed by atoms with Crippen molar-refractivity contribution in [1.29, 1.82) is 0 Å². The summed E-state index contributed by atoms with van der Waals surface area (Å²) in [6.07, 6.45) is 3.58. The molecule has 0 aliphatic heterocycles. The molecule has 1 heterocycles. The lowest BCUT2D eigenvalue weighted by atomic mass is 10.0. The molecule has 0 saturated heterocycles. The Kier molecular flexibility index (Phi) is 7.94. The number of nitrogens with one attached hydrogen (secondary N) is 2. The second kappa shape index (κ2) is 10.9. The number of thioether (sulfide) groups is 1. The van der Waals surface area contributed by atoms with E-state index in [0.29, 0.717) is 22.5 Å². The van der Waals surface area contributed by atoms with Crippen LogP contribution in [0.25, 0.3) is 5.69 Å². The first-order valence-electron chi connectivity index (χ1n) is 10.3. The number of hydrogen-bond donors (Lipinski definition) is 2. The van der Waals surface area contributed by atoms with Crippen LogP contribution in [0.5, 0.6) is 5.75 Å². The van der Waals surface area contributed by atoms with Gasteiger partial charge in [0.1, 0.15) is 5.75 Å². The van der Waals surface area contributed by atoms with Crippen LogP contribution >= 0.6 is 11.8 Å². The molecule has 0 atom stereocenters. The minimum absolute atomic E-state index is 0.123. The van der Waals surface area contributed by atoms with Crippen LogP contribution in [-0.2, 0) is 9.59 Å². The Labute approximate surface area is 192 Å². The van der Waals surface area contributed by atoms with Crippen LogP contribution in [0.15, 0.2) is 60.0 Å². The first-order valence-corrected chi connectivity index (χ1v) is 11.3. The Morgan fingerprint density at radius 1 is 1.12 bits per heavy atom. The number of carbonyl (C=O) groups is 2. The Bertz CT molecular complexity index is 1080. The van der Waals surface area contributed by atoms with Crippen LogP contribution in [0.1, 0.15) is 30.9 Å². The highest BCUT2D eigenvalue weighted by molar-refractivity contribution is 7.99. The SMILES string of the molecule is COc1ccc(C)cc1NC(=O)CNC(=O)CSc1nccn1-c1ccc(C(C)C)cc1. The van der Waals surface area contributed by atoms with Gasteiger partial charge >= 0.3 is 0 Å². The largest absolute Gasteiger partial charge is 0.495 e. The zero-order valence-corrected chi connectivity index (χ0v) is 19.5. The third-order valence-electron chi connectivity index (χ3n) is 4.85.